The Hall–Kier alpha value is -3.83. The van der Waals surface area contributed by atoms with Gasteiger partial charge in [0, 0.05) is 30.2 Å². The van der Waals surface area contributed by atoms with Crippen LogP contribution in [0.5, 0.6) is 0 Å². The first-order chi connectivity index (χ1) is 18.2. The van der Waals surface area contributed by atoms with Crippen molar-refractivity contribution in [1.29, 1.82) is 0 Å². The number of carbonyl (C=O) groups is 1. The lowest BCUT2D eigenvalue weighted by Crippen LogP contribution is -2.35. The average molecular weight is 526 g/mol. The number of ether oxygens (including phenoxy) is 1. The maximum atomic E-state index is 14.5. The zero-order valence-corrected chi connectivity index (χ0v) is 21.4. The second-order valence-corrected chi connectivity index (χ2v) is 10.1. The highest BCUT2D eigenvalue weighted by Crippen LogP contribution is 2.37. The highest BCUT2D eigenvalue weighted by atomic mass is 19.2. The smallest absolute Gasteiger partial charge is 0.435 e. The van der Waals surface area contributed by atoms with Crippen LogP contribution in [0.25, 0.3) is 0 Å². The van der Waals surface area contributed by atoms with Gasteiger partial charge in [0.05, 0.1) is 25.3 Å². The van der Waals surface area contributed by atoms with Crippen molar-refractivity contribution in [2.24, 2.45) is 0 Å². The van der Waals surface area contributed by atoms with E-state index in [0.29, 0.717) is 37.7 Å². The zero-order valence-electron chi connectivity index (χ0n) is 21.4. The number of benzene rings is 2. The lowest BCUT2D eigenvalue weighted by molar-refractivity contribution is -0.125. The van der Waals surface area contributed by atoms with Gasteiger partial charge in [0.25, 0.3) is 0 Å². The number of carbonyl (C=O) groups excluding carboxylic acids is 1. The SMILES string of the molecule is CC(C)(C)OC(=O)N1OCC[C@H]1c1ccc(Nc2cc(N3OCC[C@@H]3c3cccc(F)c3F)ncn2)cc1. The first-order valence-corrected chi connectivity index (χ1v) is 12.4. The van der Waals surface area contributed by atoms with Crippen molar-refractivity contribution >= 4 is 23.4 Å². The maximum Gasteiger partial charge on any atom is 0.435 e. The molecule has 11 heteroatoms. The molecule has 2 aliphatic heterocycles. The van der Waals surface area contributed by atoms with Crippen molar-refractivity contribution in [1.82, 2.24) is 15.0 Å². The normalized spacial score (nSPS) is 19.6. The Morgan fingerprint density at radius 3 is 2.53 bits per heavy atom. The van der Waals surface area contributed by atoms with Crippen molar-refractivity contribution in [3.05, 3.63) is 77.6 Å². The van der Waals surface area contributed by atoms with Crippen molar-refractivity contribution < 1.29 is 28.0 Å². The molecule has 2 aromatic carbocycles. The molecule has 2 aliphatic rings. The number of amides is 1. The summed E-state index contributed by atoms with van der Waals surface area (Å²) < 4.78 is 33.7. The number of hydrogen-bond donors (Lipinski definition) is 1. The minimum absolute atomic E-state index is 0.211. The van der Waals surface area contributed by atoms with Crippen LogP contribution in [-0.4, -0.2) is 39.9 Å². The molecule has 5 rings (SSSR count). The minimum atomic E-state index is -0.902. The quantitative estimate of drug-likeness (QED) is 0.434. The molecule has 0 radical (unpaired) electrons. The predicted octanol–water partition coefficient (Wildman–Crippen LogP) is 5.99. The second-order valence-electron chi connectivity index (χ2n) is 10.1. The Morgan fingerprint density at radius 1 is 1.03 bits per heavy atom. The summed E-state index contributed by atoms with van der Waals surface area (Å²) in [5.74, 6) is -0.878. The molecule has 38 heavy (non-hydrogen) atoms. The molecule has 0 saturated carbocycles. The second kappa shape index (κ2) is 10.5. The molecule has 0 aliphatic carbocycles. The molecule has 3 heterocycles. The Morgan fingerprint density at radius 2 is 1.76 bits per heavy atom. The monoisotopic (exact) mass is 525 g/mol. The summed E-state index contributed by atoms with van der Waals surface area (Å²) >= 11 is 0. The Bertz CT molecular complexity index is 1300. The van der Waals surface area contributed by atoms with Crippen molar-refractivity contribution in [2.75, 3.05) is 23.6 Å². The van der Waals surface area contributed by atoms with Crippen LogP contribution in [0.3, 0.4) is 0 Å². The third-order valence-electron chi connectivity index (χ3n) is 6.17. The number of aromatic nitrogens is 2. The first-order valence-electron chi connectivity index (χ1n) is 12.4. The highest BCUT2D eigenvalue weighted by Gasteiger charge is 2.35. The molecule has 1 N–H and O–H groups in total. The third-order valence-corrected chi connectivity index (χ3v) is 6.17. The number of nitrogens with zero attached hydrogens (tertiary/aromatic N) is 4. The summed E-state index contributed by atoms with van der Waals surface area (Å²) in [6.45, 7) is 6.20. The predicted molar refractivity (Wildman–Crippen MR) is 135 cm³/mol. The van der Waals surface area contributed by atoms with Crippen molar-refractivity contribution in [3.63, 3.8) is 0 Å². The standard InChI is InChI=1S/C27H29F2N5O4/c1-27(2,3)38-26(35)34-21(11-13-37-34)17-7-9-18(10-8-17)32-23-15-24(31-16-30-23)33-22(12-14-36-33)19-5-4-6-20(28)25(19)29/h4-10,15-16,21-22H,11-14H2,1-3H3,(H,30,31,32)/t21-,22+/m0/s1. The van der Waals surface area contributed by atoms with Crippen LogP contribution in [0.1, 0.15) is 56.8 Å². The fourth-order valence-corrected chi connectivity index (χ4v) is 4.49. The molecule has 200 valence electrons. The first kappa shape index (κ1) is 25.8. The van der Waals surface area contributed by atoms with Gasteiger partial charge >= 0.3 is 6.09 Å². The summed E-state index contributed by atoms with van der Waals surface area (Å²) in [5.41, 5.74) is 1.26. The number of anilines is 3. The molecule has 2 saturated heterocycles. The van der Waals surface area contributed by atoms with Gasteiger partial charge in [0.1, 0.15) is 17.7 Å². The number of rotatable bonds is 5. The molecule has 3 aromatic rings. The summed E-state index contributed by atoms with van der Waals surface area (Å²) in [6.07, 6.45) is 2.00. The molecule has 1 aromatic heterocycles. The fraction of sp³-hybridized carbons (Fsp3) is 0.370. The Labute approximate surface area is 219 Å². The highest BCUT2D eigenvalue weighted by molar-refractivity contribution is 5.68. The number of hydroxylamine groups is 3. The molecule has 9 nitrogen and oxygen atoms in total. The van der Waals surface area contributed by atoms with Crippen molar-refractivity contribution in [2.45, 2.75) is 51.3 Å². The molecular weight excluding hydrogens is 496 g/mol. The van der Waals surface area contributed by atoms with Gasteiger partial charge < -0.3 is 10.1 Å². The largest absolute Gasteiger partial charge is 0.442 e. The summed E-state index contributed by atoms with van der Waals surface area (Å²) in [6, 6.07) is 12.6. The summed E-state index contributed by atoms with van der Waals surface area (Å²) in [7, 11) is 0. The van der Waals surface area contributed by atoms with E-state index in [1.54, 1.807) is 12.1 Å². The van der Waals surface area contributed by atoms with E-state index < -0.39 is 29.4 Å². The molecule has 2 atom stereocenters. The van der Waals surface area contributed by atoms with Gasteiger partial charge in [-0.3, -0.25) is 9.68 Å². The molecule has 1 amide bonds. The fourth-order valence-electron chi connectivity index (χ4n) is 4.49. The van der Waals surface area contributed by atoms with E-state index >= 15 is 0 Å². The van der Waals surface area contributed by atoms with Crippen LogP contribution in [-0.2, 0) is 14.4 Å². The van der Waals surface area contributed by atoms with E-state index in [2.05, 4.69) is 15.3 Å². The summed E-state index contributed by atoms with van der Waals surface area (Å²) in [5, 5.41) is 6.00. The van der Waals surface area contributed by atoms with Gasteiger partial charge in [-0.15, -0.1) is 0 Å². The van der Waals surface area contributed by atoms with E-state index in [0.717, 1.165) is 17.3 Å². The number of hydrogen-bond acceptors (Lipinski definition) is 8. The molecular formula is C27H29F2N5O4. The average Bonchev–Trinajstić information content (AvgIpc) is 3.56. The lowest BCUT2D eigenvalue weighted by Gasteiger charge is -2.27. The van der Waals surface area contributed by atoms with Gasteiger partial charge in [-0.05, 0) is 44.5 Å². The van der Waals surface area contributed by atoms with Gasteiger partial charge in [0.15, 0.2) is 17.5 Å². The molecule has 0 spiro atoms. The topological polar surface area (TPSA) is 89.0 Å². The van der Waals surface area contributed by atoms with Gasteiger partial charge in [-0.25, -0.2) is 28.6 Å². The van der Waals surface area contributed by atoms with Gasteiger partial charge in [0.2, 0.25) is 0 Å². The zero-order chi connectivity index (χ0) is 26.9. The van der Waals surface area contributed by atoms with Crippen LogP contribution >= 0.6 is 0 Å². The van der Waals surface area contributed by atoms with Crippen LogP contribution in [0.2, 0.25) is 0 Å². The molecule has 0 unspecified atom stereocenters. The van der Waals surface area contributed by atoms with E-state index in [1.165, 1.54) is 22.5 Å². The molecule has 0 bridgehead atoms. The van der Waals surface area contributed by atoms with E-state index in [4.69, 9.17) is 14.4 Å². The lowest BCUT2D eigenvalue weighted by atomic mass is 10.0. The van der Waals surface area contributed by atoms with Gasteiger partial charge in [-0.2, -0.15) is 5.06 Å². The third kappa shape index (κ3) is 5.53. The Balaban J connectivity index is 1.29. The number of halogens is 2. The van der Waals surface area contributed by atoms with E-state index in [-0.39, 0.29) is 11.6 Å². The van der Waals surface area contributed by atoms with Crippen LogP contribution in [0, 0.1) is 11.6 Å². The van der Waals surface area contributed by atoms with Crippen molar-refractivity contribution in [3.8, 4) is 0 Å². The van der Waals surface area contributed by atoms with E-state index in [9.17, 15) is 13.6 Å². The van der Waals surface area contributed by atoms with E-state index in [1.807, 2.05) is 45.0 Å². The maximum absolute atomic E-state index is 14.5. The summed E-state index contributed by atoms with van der Waals surface area (Å²) in [4.78, 5) is 32.3. The molecule has 2 fully saturated rings. The van der Waals surface area contributed by atoms with Crippen LogP contribution in [0.15, 0.2) is 54.9 Å². The Kier molecular flexibility index (Phi) is 7.13. The minimum Gasteiger partial charge on any atom is -0.442 e. The van der Waals surface area contributed by atoms with Gasteiger partial charge in [-0.1, -0.05) is 24.3 Å². The number of nitrogens with one attached hydrogen (secondary N) is 1. The van der Waals surface area contributed by atoms with Crippen LogP contribution < -0.4 is 10.4 Å². The van der Waals surface area contributed by atoms with Crippen LogP contribution in [0.4, 0.5) is 30.9 Å².